The van der Waals surface area contributed by atoms with Gasteiger partial charge in [-0.1, -0.05) is 60.7 Å². The van der Waals surface area contributed by atoms with Crippen molar-refractivity contribution in [2.24, 2.45) is 0 Å². The Hall–Kier alpha value is -5.28. The molecule has 1 N–H and O–H groups in total. The number of nitriles is 1. The van der Waals surface area contributed by atoms with E-state index < -0.39 is 0 Å². The monoisotopic (exact) mass is 479 g/mol. The summed E-state index contributed by atoms with van der Waals surface area (Å²) in [5, 5.41) is 19.8. The molecule has 6 rings (SSSR count). The average Bonchev–Trinajstić information content (AvgIpc) is 3.32. The number of anilines is 3. The molecule has 6 nitrogen and oxygen atoms in total. The maximum Gasteiger partial charge on any atom is 0.237 e. The van der Waals surface area contributed by atoms with Crippen molar-refractivity contribution in [1.29, 1.82) is 10.7 Å². The van der Waals surface area contributed by atoms with Crippen molar-refractivity contribution in [3.63, 3.8) is 0 Å². The van der Waals surface area contributed by atoms with Crippen molar-refractivity contribution in [2.45, 2.75) is 6.42 Å². The second kappa shape index (κ2) is 9.40. The minimum atomic E-state index is 0.433. The SMILES string of the molecule is N#Cc1ccc(N(c2cccc(C(=N)Cc3ccccc3)c2)c2ncc3c(n2)oc2ccccc23)cc1. The summed E-state index contributed by atoms with van der Waals surface area (Å²) in [4.78, 5) is 11.4. The standard InChI is InChI=1S/C31H21N5O/c32-19-22-13-15-24(16-14-22)36(31-34-20-27-26-11-4-5-12-29(26)37-30(27)35-31)25-10-6-9-23(18-25)28(33)17-21-7-2-1-3-8-21/h1-16,18,20,33H,17H2. The molecule has 6 aromatic rings. The smallest absolute Gasteiger partial charge is 0.237 e. The van der Waals surface area contributed by atoms with Crippen molar-refractivity contribution in [3.8, 4) is 6.07 Å². The molecule has 0 aliphatic rings. The zero-order valence-corrected chi connectivity index (χ0v) is 19.8. The Kier molecular flexibility index (Phi) is 5.64. The van der Waals surface area contributed by atoms with Crippen LogP contribution in [0.2, 0.25) is 0 Å². The minimum Gasteiger partial charge on any atom is -0.438 e. The van der Waals surface area contributed by atoms with Gasteiger partial charge in [-0.15, -0.1) is 0 Å². The van der Waals surface area contributed by atoms with Gasteiger partial charge in [-0.05, 0) is 53.6 Å². The molecular weight excluding hydrogens is 458 g/mol. The zero-order chi connectivity index (χ0) is 25.2. The molecular formula is C31H21N5O. The highest BCUT2D eigenvalue weighted by Gasteiger charge is 2.19. The molecule has 4 aromatic carbocycles. The van der Waals surface area contributed by atoms with E-state index in [9.17, 15) is 5.26 Å². The number of aromatic nitrogens is 2. The van der Waals surface area contributed by atoms with E-state index in [0.29, 0.717) is 29.4 Å². The molecule has 0 radical (unpaired) electrons. The summed E-state index contributed by atoms with van der Waals surface area (Å²) in [5.74, 6) is 0.433. The Morgan fingerprint density at radius 3 is 2.43 bits per heavy atom. The van der Waals surface area contributed by atoms with Gasteiger partial charge in [0.05, 0.1) is 17.0 Å². The van der Waals surface area contributed by atoms with Gasteiger partial charge in [0.1, 0.15) is 5.58 Å². The summed E-state index contributed by atoms with van der Waals surface area (Å²) in [6.07, 6.45) is 2.31. The predicted octanol–water partition coefficient (Wildman–Crippen LogP) is 7.33. The highest BCUT2D eigenvalue weighted by molar-refractivity contribution is 6.03. The third-order valence-electron chi connectivity index (χ3n) is 6.26. The first kappa shape index (κ1) is 22.2. The van der Waals surface area contributed by atoms with Gasteiger partial charge in [0.2, 0.25) is 11.7 Å². The lowest BCUT2D eigenvalue weighted by molar-refractivity contribution is 0.653. The first-order valence-electron chi connectivity index (χ1n) is 11.9. The fourth-order valence-corrected chi connectivity index (χ4v) is 4.41. The number of hydrogen-bond acceptors (Lipinski definition) is 6. The number of hydrogen-bond donors (Lipinski definition) is 1. The molecule has 0 amide bonds. The van der Waals surface area contributed by atoms with Crippen molar-refractivity contribution in [3.05, 3.63) is 126 Å². The van der Waals surface area contributed by atoms with Gasteiger partial charge in [0.25, 0.3) is 0 Å². The van der Waals surface area contributed by atoms with E-state index in [0.717, 1.165) is 38.9 Å². The van der Waals surface area contributed by atoms with E-state index in [1.54, 1.807) is 18.3 Å². The zero-order valence-electron chi connectivity index (χ0n) is 19.8. The Morgan fingerprint density at radius 2 is 1.62 bits per heavy atom. The van der Waals surface area contributed by atoms with Crippen molar-refractivity contribution in [2.75, 3.05) is 4.90 Å². The third-order valence-corrected chi connectivity index (χ3v) is 6.26. The largest absolute Gasteiger partial charge is 0.438 e. The molecule has 2 aromatic heterocycles. The van der Waals surface area contributed by atoms with E-state index >= 15 is 0 Å². The number of nitrogens with zero attached hydrogens (tertiary/aromatic N) is 4. The minimum absolute atomic E-state index is 0.433. The van der Waals surface area contributed by atoms with Crippen molar-refractivity contribution >= 4 is 45.1 Å². The van der Waals surface area contributed by atoms with Crippen LogP contribution in [0.3, 0.4) is 0 Å². The van der Waals surface area contributed by atoms with E-state index in [4.69, 9.17) is 19.8 Å². The molecule has 0 aliphatic carbocycles. The lowest BCUT2D eigenvalue weighted by Gasteiger charge is -2.23. The summed E-state index contributed by atoms with van der Waals surface area (Å²) in [6, 6.07) is 35.0. The topological polar surface area (TPSA) is 89.8 Å². The van der Waals surface area contributed by atoms with Crippen LogP contribution in [0.1, 0.15) is 16.7 Å². The highest BCUT2D eigenvalue weighted by Crippen LogP contribution is 2.35. The quantitative estimate of drug-likeness (QED) is 0.253. The number of rotatable bonds is 6. The van der Waals surface area contributed by atoms with Crippen LogP contribution in [0.5, 0.6) is 0 Å². The van der Waals surface area contributed by atoms with Crippen LogP contribution in [0, 0.1) is 16.7 Å². The number of nitrogens with one attached hydrogen (secondary N) is 1. The second-order valence-corrected chi connectivity index (χ2v) is 8.67. The molecule has 0 fully saturated rings. The molecule has 2 heterocycles. The Balaban J connectivity index is 1.45. The molecule has 0 spiro atoms. The van der Waals surface area contributed by atoms with Crippen LogP contribution in [-0.4, -0.2) is 15.7 Å². The molecule has 0 bridgehead atoms. The summed E-state index contributed by atoms with van der Waals surface area (Å²) in [7, 11) is 0. The maximum atomic E-state index is 9.28. The van der Waals surface area contributed by atoms with Gasteiger partial charge in [0, 0.05) is 35.1 Å². The van der Waals surface area contributed by atoms with Crippen LogP contribution < -0.4 is 4.90 Å². The maximum absolute atomic E-state index is 9.28. The fraction of sp³-hybridized carbons (Fsp3) is 0.0323. The van der Waals surface area contributed by atoms with Gasteiger partial charge >= 0.3 is 0 Å². The first-order valence-corrected chi connectivity index (χ1v) is 11.9. The van der Waals surface area contributed by atoms with Crippen molar-refractivity contribution in [1.82, 2.24) is 9.97 Å². The molecule has 37 heavy (non-hydrogen) atoms. The number of benzene rings is 4. The van der Waals surface area contributed by atoms with E-state index in [2.05, 4.69) is 6.07 Å². The molecule has 0 unspecified atom stereocenters. The van der Waals surface area contributed by atoms with Crippen LogP contribution >= 0.6 is 0 Å². The summed E-state index contributed by atoms with van der Waals surface area (Å²) in [6.45, 7) is 0. The molecule has 0 saturated heterocycles. The molecule has 0 atom stereocenters. The average molecular weight is 480 g/mol. The second-order valence-electron chi connectivity index (χ2n) is 8.67. The summed E-state index contributed by atoms with van der Waals surface area (Å²) in [5.41, 5.74) is 5.82. The molecule has 176 valence electrons. The normalized spacial score (nSPS) is 10.9. The first-order chi connectivity index (χ1) is 18.2. The third kappa shape index (κ3) is 4.30. The van der Waals surface area contributed by atoms with E-state index in [-0.39, 0.29) is 0 Å². The molecule has 0 aliphatic heterocycles. The Morgan fingerprint density at radius 1 is 0.838 bits per heavy atom. The van der Waals surface area contributed by atoms with Crippen molar-refractivity contribution < 1.29 is 4.42 Å². The Bertz CT molecular complexity index is 1780. The summed E-state index contributed by atoms with van der Waals surface area (Å²) < 4.78 is 6.02. The van der Waals surface area contributed by atoms with Gasteiger partial charge < -0.3 is 9.83 Å². The van der Waals surface area contributed by atoms with Crippen LogP contribution in [0.4, 0.5) is 17.3 Å². The number of furan rings is 1. The van der Waals surface area contributed by atoms with E-state index in [1.165, 1.54) is 0 Å². The van der Waals surface area contributed by atoms with Gasteiger partial charge in [-0.25, -0.2) is 4.98 Å². The number of para-hydroxylation sites is 1. The predicted molar refractivity (Wildman–Crippen MR) is 146 cm³/mol. The lowest BCUT2D eigenvalue weighted by atomic mass is 10.0. The van der Waals surface area contributed by atoms with Gasteiger partial charge in [-0.3, -0.25) is 4.90 Å². The molecule has 6 heteroatoms. The number of fused-ring (bicyclic) bond motifs is 3. The van der Waals surface area contributed by atoms with E-state index in [1.807, 2.05) is 95.9 Å². The van der Waals surface area contributed by atoms with Gasteiger partial charge in [-0.2, -0.15) is 10.2 Å². The summed E-state index contributed by atoms with van der Waals surface area (Å²) >= 11 is 0. The Labute approximate surface area is 213 Å². The fourth-order valence-electron chi connectivity index (χ4n) is 4.41. The van der Waals surface area contributed by atoms with Gasteiger partial charge in [0.15, 0.2) is 0 Å². The van der Waals surface area contributed by atoms with Crippen LogP contribution in [0.25, 0.3) is 22.1 Å². The molecule has 0 saturated carbocycles. The highest BCUT2D eigenvalue weighted by atomic mass is 16.3. The van der Waals surface area contributed by atoms with Crippen LogP contribution in [0.15, 0.2) is 114 Å². The lowest BCUT2D eigenvalue weighted by Crippen LogP contribution is -2.14. The van der Waals surface area contributed by atoms with Crippen LogP contribution in [-0.2, 0) is 6.42 Å².